The summed E-state index contributed by atoms with van der Waals surface area (Å²) in [6.45, 7) is 0.538. The van der Waals surface area contributed by atoms with Crippen molar-refractivity contribution < 1.29 is 4.74 Å². The first kappa shape index (κ1) is 15.6. The molecule has 0 aromatic heterocycles. The van der Waals surface area contributed by atoms with Gasteiger partial charge in [-0.25, -0.2) is 0 Å². The number of benzene rings is 3. The number of hydrogen-bond donors (Lipinski definition) is 1. The van der Waals surface area contributed by atoms with Gasteiger partial charge in [0, 0.05) is 5.02 Å². The van der Waals surface area contributed by atoms with Gasteiger partial charge in [-0.1, -0.05) is 66.2 Å². The van der Waals surface area contributed by atoms with Gasteiger partial charge in [-0.15, -0.1) is 0 Å². The SMILES string of the molecule is N[C@@H](c1cccc(Cl)c1)c1cccc(OCc2ccccc2)c1. The molecule has 1 atom stereocenters. The van der Waals surface area contributed by atoms with Gasteiger partial charge in [-0.05, 0) is 41.0 Å². The second-order valence-corrected chi connectivity index (χ2v) is 5.82. The predicted molar refractivity (Wildman–Crippen MR) is 94.7 cm³/mol. The Morgan fingerprint density at radius 1 is 0.826 bits per heavy atom. The van der Waals surface area contributed by atoms with Crippen LogP contribution in [0.1, 0.15) is 22.7 Å². The van der Waals surface area contributed by atoms with Crippen LogP contribution in [0.2, 0.25) is 5.02 Å². The maximum absolute atomic E-state index is 6.35. The van der Waals surface area contributed by atoms with Crippen molar-refractivity contribution in [1.82, 2.24) is 0 Å². The minimum atomic E-state index is -0.228. The van der Waals surface area contributed by atoms with Crippen LogP contribution in [0.3, 0.4) is 0 Å². The average molecular weight is 324 g/mol. The molecule has 0 heterocycles. The monoisotopic (exact) mass is 323 g/mol. The highest BCUT2D eigenvalue weighted by molar-refractivity contribution is 6.30. The first-order chi connectivity index (χ1) is 11.2. The van der Waals surface area contributed by atoms with Crippen LogP contribution in [0.25, 0.3) is 0 Å². The normalized spacial score (nSPS) is 11.9. The van der Waals surface area contributed by atoms with Crippen molar-refractivity contribution in [2.45, 2.75) is 12.6 Å². The van der Waals surface area contributed by atoms with E-state index in [0.717, 1.165) is 22.4 Å². The third-order valence-electron chi connectivity index (χ3n) is 3.67. The van der Waals surface area contributed by atoms with Crippen LogP contribution in [-0.2, 0) is 6.61 Å². The smallest absolute Gasteiger partial charge is 0.120 e. The zero-order valence-corrected chi connectivity index (χ0v) is 13.4. The molecule has 0 aliphatic heterocycles. The Bertz CT molecular complexity index is 773. The first-order valence-corrected chi connectivity index (χ1v) is 7.88. The highest BCUT2D eigenvalue weighted by atomic mass is 35.5. The predicted octanol–water partition coefficient (Wildman–Crippen LogP) is 4.97. The standard InChI is InChI=1S/C20H18ClNO/c21-18-10-4-8-16(12-18)20(22)17-9-5-11-19(13-17)23-14-15-6-2-1-3-7-15/h1-13,20H,14,22H2/t20-/m0/s1. The van der Waals surface area contributed by atoms with E-state index in [1.807, 2.05) is 78.9 Å². The molecule has 0 radical (unpaired) electrons. The van der Waals surface area contributed by atoms with Gasteiger partial charge < -0.3 is 10.5 Å². The summed E-state index contributed by atoms with van der Waals surface area (Å²) < 4.78 is 5.86. The Balaban J connectivity index is 1.74. The van der Waals surface area contributed by atoms with Gasteiger partial charge in [-0.3, -0.25) is 0 Å². The van der Waals surface area contributed by atoms with Crippen LogP contribution in [0.5, 0.6) is 5.75 Å². The number of nitrogens with two attached hydrogens (primary N) is 1. The van der Waals surface area contributed by atoms with Gasteiger partial charge in [0.05, 0.1) is 6.04 Å². The first-order valence-electron chi connectivity index (χ1n) is 7.50. The molecule has 23 heavy (non-hydrogen) atoms. The van der Waals surface area contributed by atoms with Gasteiger partial charge in [0.2, 0.25) is 0 Å². The molecular formula is C20H18ClNO. The molecule has 3 aromatic carbocycles. The highest BCUT2D eigenvalue weighted by Crippen LogP contribution is 2.25. The Hall–Kier alpha value is -2.29. The summed E-state index contributed by atoms with van der Waals surface area (Å²) in [7, 11) is 0. The van der Waals surface area contributed by atoms with Crippen molar-refractivity contribution in [3.05, 3.63) is 101 Å². The van der Waals surface area contributed by atoms with E-state index < -0.39 is 0 Å². The lowest BCUT2D eigenvalue weighted by Gasteiger charge is -2.14. The van der Waals surface area contributed by atoms with E-state index in [0.29, 0.717) is 11.6 Å². The average Bonchev–Trinajstić information content (AvgIpc) is 2.60. The van der Waals surface area contributed by atoms with Gasteiger partial charge in [0.15, 0.2) is 0 Å². The zero-order valence-electron chi connectivity index (χ0n) is 12.7. The van der Waals surface area contributed by atoms with E-state index >= 15 is 0 Å². The molecule has 0 unspecified atom stereocenters. The molecule has 3 rings (SSSR count). The molecule has 0 spiro atoms. The minimum absolute atomic E-state index is 0.228. The Morgan fingerprint density at radius 3 is 2.26 bits per heavy atom. The molecule has 116 valence electrons. The molecule has 0 amide bonds. The van der Waals surface area contributed by atoms with Crippen molar-refractivity contribution in [1.29, 1.82) is 0 Å². The largest absolute Gasteiger partial charge is 0.489 e. The van der Waals surface area contributed by atoms with E-state index in [2.05, 4.69) is 0 Å². The number of rotatable bonds is 5. The summed E-state index contributed by atoms with van der Waals surface area (Å²) in [4.78, 5) is 0. The minimum Gasteiger partial charge on any atom is -0.489 e. The third-order valence-corrected chi connectivity index (χ3v) is 3.91. The van der Waals surface area contributed by atoms with Gasteiger partial charge >= 0.3 is 0 Å². The van der Waals surface area contributed by atoms with Gasteiger partial charge in [-0.2, -0.15) is 0 Å². The number of ether oxygens (including phenoxy) is 1. The van der Waals surface area contributed by atoms with E-state index in [1.54, 1.807) is 0 Å². The molecule has 0 bridgehead atoms. The quantitative estimate of drug-likeness (QED) is 0.719. The Kier molecular flexibility index (Phi) is 4.96. The fourth-order valence-corrected chi connectivity index (χ4v) is 2.63. The lowest BCUT2D eigenvalue weighted by atomic mass is 9.99. The topological polar surface area (TPSA) is 35.2 Å². The Morgan fingerprint density at radius 2 is 1.52 bits per heavy atom. The van der Waals surface area contributed by atoms with E-state index in [9.17, 15) is 0 Å². The Labute approximate surface area is 141 Å². The second-order valence-electron chi connectivity index (χ2n) is 5.38. The summed E-state index contributed by atoms with van der Waals surface area (Å²) in [5.74, 6) is 0.809. The van der Waals surface area contributed by atoms with Crippen LogP contribution in [0, 0.1) is 0 Å². The fourth-order valence-electron chi connectivity index (χ4n) is 2.43. The van der Waals surface area contributed by atoms with Crippen LogP contribution in [0.15, 0.2) is 78.9 Å². The molecule has 0 saturated carbocycles. The molecule has 3 heteroatoms. The molecule has 0 saturated heterocycles. The van der Waals surface area contributed by atoms with Gasteiger partial charge in [0.1, 0.15) is 12.4 Å². The van der Waals surface area contributed by atoms with E-state index in [4.69, 9.17) is 22.1 Å². The highest BCUT2D eigenvalue weighted by Gasteiger charge is 2.10. The van der Waals surface area contributed by atoms with Crippen molar-refractivity contribution in [3.63, 3.8) is 0 Å². The molecule has 3 aromatic rings. The van der Waals surface area contributed by atoms with Crippen molar-refractivity contribution in [2.75, 3.05) is 0 Å². The summed E-state index contributed by atoms with van der Waals surface area (Å²) in [5, 5.41) is 0.689. The van der Waals surface area contributed by atoms with Crippen LogP contribution in [-0.4, -0.2) is 0 Å². The number of halogens is 1. The molecule has 2 nitrogen and oxygen atoms in total. The van der Waals surface area contributed by atoms with Gasteiger partial charge in [0.25, 0.3) is 0 Å². The maximum Gasteiger partial charge on any atom is 0.120 e. The molecule has 0 fully saturated rings. The van der Waals surface area contributed by atoms with Crippen molar-refractivity contribution in [3.8, 4) is 5.75 Å². The molecule has 0 aliphatic rings. The lowest BCUT2D eigenvalue weighted by Crippen LogP contribution is -2.11. The second kappa shape index (κ2) is 7.32. The number of hydrogen-bond acceptors (Lipinski definition) is 2. The molecular weight excluding hydrogens is 306 g/mol. The zero-order chi connectivity index (χ0) is 16.1. The van der Waals surface area contributed by atoms with E-state index in [-0.39, 0.29) is 6.04 Å². The summed E-state index contributed by atoms with van der Waals surface area (Å²) in [5.41, 5.74) is 9.47. The molecule has 0 aliphatic carbocycles. The van der Waals surface area contributed by atoms with Crippen LogP contribution in [0.4, 0.5) is 0 Å². The van der Waals surface area contributed by atoms with Crippen molar-refractivity contribution in [2.24, 2.45) is 5.73 Å². The summed E-state index contributed by atoms with van der Waals surface area (Å²) >= 11 is 6.04. The summed E-state index contributed by atoms with van der Waals surface area (Å²) in [6, 6.07) is 25.4. The van der Waals surface area contributed by atoms with Crippen molar-refractivity contribution >= 4 is 11.6 Å². The summed E-state index contributed by atoms with van der Waals surface area (Å²) in [6.07, 6.45) is 0. The maximum atomic E-state index is 6.35. The lowest BCUT2D eigenvalue weighted by molar-refractivity contribution is 0.306. The fraction of sp³-hybridized carbons (Fsp3) is 0.100. The van der Waals surface area contributed by atoms with E-state index in [1.165, 1.54) is 0 Å². The molecule has 2 N–H and O–H groups in total. The third kappa shape index (κ3) is 4.13. The van der Waals surface area contributed by atoms with Crippen LogP contribution < -0.4 is 10.5 Å². The van der Waals surface area contributed by atoms with Crippen LogP contribution >= 0.6 is 11.6 Å².